The lowest BCUT2D eigenvalue weighted by atomic mass is 10.1. The van der Waals surface area contributed by atoms with Crippen LogP contribution in [0, 0.1) is 6.92 Å². The Morgan fingerprint density at radius 3 is 2.59 bits per heavy atom. The molecule has 2 aromatic heterocycles. The normalized spacial score (nSPS) is 11.0. The molecule has 0 spiro atoms. The van der Waals surface area contributed by atoms with E-state index in [4.69, 9.17) is 23.2 Å². The second-order valence-electron chi connectivity index (χ2n) is 8.18. The summed E-state index contributed by atoms with van der Waals surface area (Å²) in [4.78, 5) is 18.1. The second-order valence-corrected chi connectivity index (χ2v) is 11.1. The zero-order valence-corrected chi connectivity index (χ0v) is 22.8. The van der Waals surface area contributed by atoms with Crippen LogP contribution in [0.5, 0.6) is 0 Å². The van der Waals surface area contributed by atoms with Crippen molar-refractivity contribution in [1.29, 1.82) is 0 Å². The molecule has 6 nitrogen and oxygen atoms in total. The Balaban J connectivity index is 1.29. The third kappa shape index (κ3) is 6.05. The van der Waals surface area contributed by atoms with Crippen molar-refractivity contribution in [3.05, 3.63) is 105 Å². The summed E-state index contributed by atoms with van der Waals surface area (Å²) < 4.78 is 2.00. The molecule has 0 aliphatic rings. The standard InChI is InChI=1S/C27H21Cl2N5OS2/c1-17-7-5-6-10-23(17)34-25(18-8-3-2-4-9-18)32-33-27(34)36-16-24(35)31-26-30-15-21(37-26)13-19-11-12-20(28)14-22(19)29/h2-12,14-15H,13,16H2,1H3,(H,30,31,35). The number of hydrogen-bond acceptors (Lipinski definition) is 6. The molecular weight excluding hydrogens is 545 g/mol. The van der Waals surface area contributed by atoms with Gasteiger partial charge in [-0.15, -0.1) is 21.5 Å². The van der Waals surface area contributed by atoms with Crippen molar-refractivity contribution in [2.24, 2.45) is 0 Å². The number of halogens is 2. The van der Waals surface area contributed by atoms with Gasteiger partial charge >= 0.3 is 0 Å². The lowest BCUT2D eigenvalue weighted by Gasteiger charge is -2.12. The minimum absolute atomic E-state index is 0.163. The van der Waals surface area contributed by atoms with Crippen LogP contribution in [0.15, 0.2) is 84.1 Å². The van der Waals surface area contributed by atoms with E-state index in [0.717, 1.165) is 33.1 Å². The van der Waals surface area contributed by atoms with Gasteiger partial charge in [-0.25, -0.2) is 4.98 Å². The summed E-state index contributed by atoms with van der Waals surface area (Å²) in [6.45, 7) is 2.04. The van der Waals surface area contributed by atoms with Crippen LogP contribution >= 0.6 is 46.3 Å². The quantitative estimate of drug-likeness (QED) is 0.199. The van der Waals surface area contributed by atoms with E-state index in [1.807, 2.05) is 78.2 Å². The summed E-state index contributed by atoms with van der Waals surface area (Å²) in [5.41, 5.74) is 3.96. The molecule has 0 saturated carbocycles. The Kier molecular flexibility index (Phi) is 7.90. The van der Waals surface area contributed by atoms with Gasteiger partial charge in [0, 0.05) is 33.1 Å². The maximum atomic E-state index is 12.8. The van der Waals surface area contributed by atoms with E-state index in [-0.39, 0.29) is 11.7 Å². The Morgan fingerprint density at radius 2 is 1.81 bits per heavy atom. The first-order valence-electron chi connectivity index (χ1n) is 11.4. The lowest BCUT2D eigenvalue weighted by Crippen LogP contribution is -2.14. The van der Waals surface area contributed by atoms with Crippen molar-refractivity contribution < 1.29 is 4.79 Å². The zero-order valence-electron chi connectivity index (χ0n) is 19.7. The first kappa shape index (κ1) is 25.5. The van der Waals surface area contributed by atoms with Crippen LogP contribution in [-0.4, -0.2) is 31.4 Å². The monoisotopic (exact) mass is 565 g/mol. The highest BCUT2D eigenvalue weighted by Crippen LogP contribution is 2.30. The molecule has 5 rings (SSSR count). The number of nitrogens with one attached hydrogen (secondary N) is 1. The SMILES string of the molecule is Cc1ccccc1-n1c(SCC(=O)Nc2ncc(Cc3ccc(Cl)cc3Cl)s2)nnc1-c1ccccc1. The van der Waals surface area contributed by atoms with Crippen molar-refractivity contribution in [2.75, 3.05) is 11.1 Å². The van der Waals surface area contributed by atoms with Crippen LogP contribution in [0.3, 0.4) is 0 Å². The molecule has 0 aliphatic heterocycles. The van der Waals surface area contributed by atoms with E-state index < -0.39 is 0 Å². The molecule has 5 aromatic rings. The molecule has 0 unspecified atom stereocenters. The van der Waals surface area contributed by atoms with Crippen molar-refractivity contribution >= 4 is 57.3 Å². The Hall–Kier alpha value is -3.17. The van der Waals surface area contributed by atoms with E-state index in [1.54, 1.807) is 12.3 Å². The van der Waals surface area contributed by atoms with Gasteiger partial charge in [0.15, 0.2) is 16.1 Å². The number of nitrogens with zero attached hydrogens (tertiary/aromatic N) is 4. The Bertz CT molecular complexity index is 1550. The van der Waals surface area contributed by atoms with Crippen molar-refractivity contribution in [2.45, 2.75) is 18.5 Å². The van der Waals surface area contributed by atoms with E-state index in [9.17, 15) is 4.79 Å². The molecule has 0 radical (unpaired) electrons. The molecule has 0 atom stereocenters. The summed E-state index contributed by atoms with van der Waals surface area (Å²) >= 11 is 15.0. The van der Waals surface area contributed by atoms with E-state index >= 15 is 0 Å². The fourth-order valence-electron chi connectivity index (χ4n) is 3.75. The van der Waals surface area contributed by atoms with E-state index in [2.05, 4.69) is 20.5 Å². The van der Waals surface area contributed by atoms with Gasteiger partial charge in [-0.2, -0.15) is 0 Å². The summed E-state index contributed by atoms with van der Waals surface area (Å²) in [6, 6.07) is 23.4. The summed E-state index contributed by atoms with van der Waals surface area (Å²) in [6.07, 6.45) is 2.36. The number of amides is 1. The number of anilines is 1. The summed E-state index contributed by atoms with van der Waals surface area (Å²) in [5, 5.41) is 14.1. The van der Waals surface area contributed by atoms with Crippen LogP contribution in [0.2, 0.25) is 10.0 Å². The molecular formula is C27H21Cl2N5OS2. The van der Waals surface area contributed by atoms with Crippen LogP contribution in [0.4, 0.5) is 5.13 Å². The van der Waals surface area contributed by atoms with Crippen LogP contribution < -0.4 is 5.32 Å². The zero-order chi connectivity index (χ0) is 25.8. The number of rotatable bonds is 8. The third-order valence-corrected chi connectivity index (χ3v) is 7.96. The van der Waals surface area contributed by atoms with E-state index in [0.29, 0.717) is 26.8 Å². The van der Waals surface area contributed by atoms with Gasteiger partial charge in [0.05, 0.1) is 11.4 Å². The molecule has 0 fully saturated rings. The fourth-order valence-corrected chi connectivity index (χ4v) is 5.83. The molecule has 3 aromatic carbocycles. The topological polar surface area (TPSA) is 72.7 Å². The summed E-state index contributed by atoms with van der Waals surface area (Å²) in [7, 11) is 0. The minimum atomic E-state index is -0.170. The molecule has 2 heterocycles. The predicted molar refractivity (Wildman–Crippen MR) is 152 cm³/mol. The van der Waals surface area contributed by atoms with Gasteiger partial charge in [0.2, 0.25) is 5.91 Å². The van der Waals surface area contributed by atoms with Gasteiger partial charge in [-0.1, -0.05) is 89.6 Å². The molecule has 0 saturated heterocycles. The van der Waals surface area contributed by atoms with Gasteiger partial charge in [-0.05, 0) is 36.2 Å². The highest BCUT2D eigenvalue weighted by atomic mass is 35.5. The van der Waals surface area contributed by atoms with Crippen LogP contribution in [0.1, 0.15) is 16.0 Å². The van der Waals surface area contributed by atoms with Crippen LogP contribution in [-0.2, 0) is 11.2 Å². The maximum Gasteiger partial charge on any atom is 0.236 e. The summed E-state index contributed by atoms with van der Waals surface area (Å²) in [5.74, 6) is 0.718. The maximum absolute atomic E-state index is 12.8. The van der Waals surface area contributed by atoms with Crippen molar-refractivity contribution in [3.8, 4) is 17.1 Å². The minimum Gasteiger partial charge on any atom is -0.301 e. The molecule has 1 N–H and O–H groups in total. The molecule has 186 valence electrons. The molecule has 37 heavy (non-hydrogen) atoms. The Labute approximate surface area is 232 Å². The van der Waals surface area contributed by atoms with Crippen molar-refractivity contribution in [3.63, 3.8) is 0 Å². The molecule has 1 amide bonds. The van der Waals surface area contributed by atoms with Gasteiger partial charge in [0.25, 0.3) is 0 Å². The third-order valence-electron chi connectivity index (χ3n) is 5.53. The molecule has 0 bridgehead atoms. The highest BCUT2D eigenvalue weighted by Gasteiger charge is 2.19. The predicted octanol–water partition coefficient (Wildman–Crippen LogP) is 7.33. The van der Waals surface area contributed by atoms with Gasteiger partial charge in [-0.3, -0.25) is 9.36 Å². The smallest absolute Gasteiger partial charge is 0.236 e. The Morgan fingerprint density at radius 1 is 1.03 bits per heavy atom. The van der Waals surface area contributed by atoms with Crippen LogP contribution in [0.25, 0.3) is 17.1 Å². The number of aryl methyl sites for hydroxylation is 1. The first-order valence-corrected chi connectivity index (χ1v) is 13.9. The number of para-hydroxylation sites is 1. The largest absolute Gasteiger partial charge is 0.301 e. The number of thioether (sulfide) groups is 1. The lowest BCUT2D eigenvalue weighted by molar-refractivity contribution is -0.113. The average molecular weight is 567 g/mol. The number of aromatic nitrogens is 4. The highest BCUT2D eigenvalue weighted by molar-refractivity contribution is 7.99. The number of hydrogen-bond donors (Lipinski definition) is 1. The van der Waals surface area contributed by atoms with Gasteiger partial charge < -0.3 is 5.32 Å². The van der Waals surface area contributed by atoms with Crippen molar-refractivity contribution in [1.82, 2.24) is 19.7 Å². The molecule has 0 aliphatic carbocycles. The number of thiazole rings is 1. The fraction of sp³-hybridized carbons (Fsp3) is 0.111. The van der Waals surface area contributed by atoms with Gasteiger partial charge in [0.1, 0.15) is 0 Å². The number of benzene rings is 3. The first-order chi connectivity index (χ1) is 18.0. The number of carbonyl (C=O) groups excluding carboxylic acids is 1. The average Bonchev–Trinajstić information content (AvgIpc) is 3.52. The number of carbonyl (C=O) groups is 1. The van der Waals surface area contributed by atoms with E-state index in [1.165, 1.54) is 23.1 Å². The molecule has 10 heteroatoms. The second kappa shape index (κ2) is 11.5.